The average Bonchev–Trinajstić information content (AvgIpc) is 3.26. The van der Waals surface area contributed by atoms with Crippen molar-refractivity contribution >= 4 is 11.9 Å². The summed E-state index contributed by atoms with van der Waals surface area (Å²) in [6.45, 7) is 7.06. The first-order valence-electron chi connectivity index (χ1n) is 9.06. The van der Waals surface area contributed by atoms with Crippen LogP contribution >= 0.6 is 0 Å². The first-order valence-corrected chi connectivity index (χ1v) is 9.06. The molecule has 6 heteroatoms. The lowest BCUT2D eigenvalue weighted by molar-refractivity contribution is 0.0956. The lowest BCUT2D eigenvalue weighted by Gasteiger charge is -2.25. The first-order chi connectivity index (χ1) is 12.2. The molecule has 2 heterocycles. The Labute approximate surface area is 149 Å². The molecule has 3 rings (SSSR count). The molecule has 0 saturated carbocycles. The molecule has 2 saturated heterocycles. The smallest absolute Gasteiger partial charge is 0.251 e. The number of nitrogens with zero attached hydrogens (tertiary/aromatic N) is 2. The SMILES string of the molecule is CCNC(=O)c1ccc(CNC(=NC)N2CCC3(CCOC3)C2)cc1. The topological polar surface area (TPSA) is 66.0 Å². The van der Waals surface area contributed by atoms with E-state index in [1.807, 2.05) is 38.2 Å². The number of likely N-dealkylation sites (tertiary alicyclic amines) is 1. The van der Waals surface area contributed by atoms with Gasteiger partial charge in [-0.3, -0.25) is 9.79 Å². The number of aliphatic imine (C=N–C) groups is 1. The fourth-order valence-electron chi connectivity index (χ4n) is 3.64. The Balaban J connectivity index is 1.54. The summed E-state index contributed by atoms with van der Waals surface area (Å²) in [5.74, 6) is 0.913. The normalized spacial score (nSPS) is 23.3. The summed E-state index contributed by atoms with van der Waals surface area (Å²) in [6, 6.07) is 7.71. The van der Waals surface area contributed by atoms with E-state index in [2.05, 4.69) is 20.5 Å². The number of rotatable bonds is 4. The van der Waals surface area contributed by atoms with Gasteiger partial charge in [-0.05, 0) is 37.5 Å². The number of amides is 1. The maximum Gasteiger partial charge on any atom is 0.251 e. The van der Waals surface area contributed by atoms with Crippen LogP contribution < -0.4 is 10.6 Å². The quantitative estimate of drug-likeness (QED) is 0.643. The van der Waals surface area contributed by atoms with Gasteiger partial charge in [0, 0.05) is 50.8 Å². The summed E-state index contributed by atoms with van der Waals surface area (Å²) in [6.07, 6.45) is 2.33. The Morgan fingerprint density at radius 3 is 2.72 bits per heavy atom. The van der Waals surface area contributed by atoms with Gasteiger partial charge in [0.25, 0.3) is 5.91 Å². The van der Waals surface area contributed by atoms with E-state index < -0.39 is 0 Å². The van der Waals surface area contributed by atoms with E-state index in [0.29, 0.717) is 24.1 Å². The predicted octanol–water partition coefficient (Wildman–Crippen LogP) is 1.62. The van der Waals surface area contributed by atoms with Gasteiger partial charge in [0.2, 0.25) is 0 Å². The highest BCUT2D eigenvalue weighted by Gasteiger charge is 2.42. The summed E-state index contributed by atoms with van der Waals surface area (Å²) in [4.78, 5) is 18.6. The highest BCUT2D eigenvalue weighted by molar-refractivity contribution is 5.94. The van der Waals surface area contributed by atoms with Crippen LogP contribution in [0.1, 0.15) is 35.7 Å². The summed E-state index contributed by atoms with van der Waals surface area (Å²) in [5, 5.41) is 6.25. The standard InChI is InChI=1S/C19H28N4O2/c1-3-21-17(24)16-6-4-15(5-7-16)12-22-18(20-2)23-10-8-19(13-23)9-11-25-14-19/h4-7H,3,8-14H2,1-2H3,(H,20,22)(H,21,24). The van der Waals surface area contributed by atoms with E-state index in [-0.39, 0.29) is 5.91 Å². The molecule has 1 spiro atoms. The van der Waals surface area contributed by atoms with Crippen molar-refractivity contribution in [3.05, 3.63) is 35.4 Å². The van der Waals surface area contributed by atoms with Gasteiger partial charge in [0.05, 0.1) is 6.61 Å². The Morgan fingerprint density at radius 1 is 1.28 bits per heavy atom. The zero-order valence-electron chi connectivity index (χ0n) is 15.2. The molecule has 1 aromatic carbocycles. The van der Waals surface area contributed by atoms with Crippen molar-refractivity contribution in [2.75, 3.05) is 39.9 Å². The van der Waals surface area contributed by atoms with Crippen LogP contribution in [0.3, 0.4) is 0 Å². The molecule has 0 radical (unpaired) electrons. The van der Waals surface area contributed by atoms with Crippen LogP contribution in [-0.2, 0) is 11.3 Å². The minimum absolute atomic E-state index is 0.0287. The van der Waals surface area contributed by atoms with Gasteiger partial charge in [0.15, 0.2) is 5.96 Å². The van der Waals surface area contributed by atoms with Gasteiger partial charge in [-0.15, -0.1) is 0 Å². The van der Waals surface area contributed by atoms with Gasteiger partial charge in [-0.1, -0.05) is 12.1 Å². The molecule has 1 unspecified atom stereocenters. The summed E-state index contributed by atoms with van der Waals surface area (Å²) >= 11 is 0. The Bertz CT molecular complexity index is 621. The van der Waals surface area contributed by atoms with Gasteiger partial charge in [-0.2, -0.15) is 0 Å². The molecule has 136 valence electrons. The van der Waals surface area contributed by atoms with Gasteiger partial charge in [-0.25, -0.2) is 0 Å². The maximum absolute atomic E-state index is 11.8. The van der Waals surface area contributed by atoms with E-state index >= 15 is 0 Å². The van der Waals surface area contributed by atoms with E-state index in [1.54, 1.807) is 0 Å². The second kappa shape index (κ2) is 7.87. The third-order valence-electron chi connectivity index (χ3n) is 5.14. The van der Waals surface area contributed by atoms with E-state index in [0.717, 1.165) is 44.2 Å². The van der Waals surface area contributed by atoms with Crippen molar-refractivity contribution in [3.8, 4) is 0 Å². The molecule has 1 atom stereocenters. The summed E-state index contributed by atoms with van der Waals surface area (Å²) in [5.41, 5.74) is 2.15. The molecule has 6 nitrogen and oxygen atoms in total. The van der Waals surface area contributed by atoms with Crippen LogP contribution in [0.2, 0.25) is 0 Å². The van der Waals surface area contributed by atoms with E-state index in [9.17, 15) is 4.79 Å². The van der Waals surface area contributed by atoms with Crippen LogP contribution in [-0.4, -0.2) is 56.7 Å². The number of hydrogen-bond acceptors (Lipinski definition) is 3. The summed E-state index contributed by atoms with van der Waals surface area (Å²) in [7, 11) is 1.83. The number of nitrogens with one attached hydrogen (secondary N) is 2. The maximum atomic E-state index is 11.8. The summed E-state index contributed by atoms with van der Waals surface area (Å²) < 4.78 is 5.60. The number of carbonyl (C=O) groups excluding carboxylic acids is 1. The predicted molar refractivity (Wildman–Crippen MR) is 98.7 cm³/mol. The molecule has 2 fully saturated rings. The van der Waals surface area contributed by atoms with Crippen molar-refractivity contribution < 1.29 is 9.53 Å². The molecule has 2 aliphatic heterocycles. The van der Waals surface area contributed by atoms with Gasteiger partial charge < -0.3 is 20.3 Å². The fourth-order valence-corrected chi connectivity index (χ4v) is 3.64. The van der Waals surface area contributed by atoms with Gasteiger partial charge in [0.1, 0.15) is 0 Å². The molecular weight excluding hydrogens is 316 g/mol. The van der Waals surface area contributed by atoms with Crippen molar-refractivity contribution in [3.63, 3.8) is 0 Å². The first kappa shape index (κ1) is 17.7. The van der Waals surface area contributed by atoms with Crippen molar-refractivity contribution in [2.45, 2.75) is 26.3 Å². The Kier molecular flexibility index (Phi) is 5.58. The molecular formula is C19H28N4O2. The van der Waals surface area contributed by atoms with Crippen molar-refractivity contribution in [1.29, 1.82) is 0 Å². The highest BCUT2D eigenvalue weighted by atomic mass is 16.5. The third-order valence-corrected chi connectivity index (χ3v) is 5.14. The molecule has 1 aromatic rings. The highest BCUT2D eigenvalue weighted by Crippen LogP contribution is 2.38. The average molecular weight is 344 g/mol. The molecule has 0 aliphatic carbocycles. The minimum atomic E-state index is -0.0287. The zero-order chi connectivity index (χ0) is 17.7. The third kappa shape index (κ3) is 4.12. The van der Waals surface area contributed by atoms with Crippen LogP contribution in [0.5, 0.6) is 0 Å². The molecule has 0 bridgehead atoms. The van der Waals surface area contributed by atoms with Crippen LogP contribution in [0, 0.1) is 5.41 Å². The number of hydrogen-bond donors (Lipinski definition) is 2. The number of ether oxygens (including phenoxy) is 1. The molecule has 0 aromatic heterocycles. The number of guanidine groups is 1. The van der Waals surface area contributed by atoms with E-state index in [1.165, 1.54) is 6.42 Å². The van der Waals surface area contributed by atoms with Crippen LogP contribution in [0.15, 0.2) is 29.3 Å². The number of benzene rings is 1. The zero-order valence-corrected chi connectivity index (χ0v) is 15.2. The van der Waals surface area contributed by atoms with E-state index in [4.69, 9.17) is 4.74 Å². The second-order valence-corrected chi connectivity index (χ2v) is 6.93. The lowest BCUT2D eigenvalue weighted by atomic mass is 9.87. The molecule has 25 heavy (non-hydrogen) atoms. The van der Waals surface area contributed by atoms with Crippen molar-refractivity contribution in [1.82, 2.24) is 15.5 Å². The largest absolute Gasteiger partial charge is 0.381 e. The second-order valence-electron chi connectivity index (χ2n) is 6.93. The lowest BCUT2D eigenvalue weighted by Crippen LogP contribution is -2.41. The van der Waals surface area contributed by atoms with Crippen LogP contribution in [0.4, 0.5) is 0 Å². The molecule has 2 aliphatic rings. The monoisotopic (exact) mass is 344 g/mol. The Morgan fingerprint density at radius 2 is 2.08 bits per heavy atom. The number of carbonyl (C=O) groups is 1. The van der Waals surface area contributed by atoms with Crippen LogP contribution in [0.25, 0.3) is 0 Å². The minimum Gasteiger partial charge on any atom is -0.381 e. The van der Waals surface area contributed by atoms with Crippen molar-refractivity contribution in [2.24, 2.45) is 10.4 Å². The molecule has 2 N–H and O–H groups in total. The molecule has 1 amide bonds. The Hall–Kier alpha value is -2.08. The fraction of sp³-hybridized carbons (Fsp3) is 0.579. The van der Waals surface area contributed by atoms with Gasteiger partial charge >= 0.3 is 0 Å².